The molecule has 0 bridgehead atoms. The summed E-state index contributed by atoms with van der Waals surface area (Å²) in [4.78, 5) is 11.5. The highest BCUT2D eigenvalue weighted by Crippen LogP contribution is 2.09. The van der Waals surface area contributed by atoms with Crippen LogP contribution in [0, 0.1) is 5.92 Å². The van der Waals surface area contributed by atoms with Gasteiger partial charge in [0.2, 0.25) is 5.91 Å². The summed E-state index contributed by atoms with van der Waals surface area (Å²) in [6.45, 7) is 2.87. The van der Waals surface area contributed by atoms with E-state index in [0.717, 1.165) is 18.1 Å². The molecular formula is C9H18N2O2S. The topological polar surface area (TPSA) is 61.4 Å². The second-order valence-corrected chi connectivity index (χ2v) is 4.66. The van der Waals surface area contributed by atoms with Crippen LogP contribution in [0.4, 0.5) is 0 Å². The third kappa shape index (κ3) is 3.86. The first-order valence-electron chi connectivity index (χ1n) is 4.93. The molecule has 2 atom stereocenters. The molecule has 5 heteroatoms. The molecule has 82 valence electrons. The summed E-state index contributed by atoms with van der Waals surface area (Å²) in [7, 11) is 0. The average Bonchev–Trinajstić information content (AvgIpc) is 2.67. The third-order valence-electron chi connectivity index (χ3n) is 2.28. The summed E-state index contributed by atoms with van der Waals surface area (Å²) in [6.07, 6.45) is 0.743. The quantitative estimate of drug-likeness (QED) is 0.597. The summed E-state index contributed by atoms with van der Waals surface area (Å²) in [6, 6.07) is -0.0265. The van der Waals surface area contributed by atoms with Gasteiger partial charge < -0.3 is 10.4 Å². The zero-order chi connectivity index (χ0) is 10.4. The van der Waals surface area contributed by atoms with Gasteiger partial charge in [-0.05, 0) is 12.3 Å². The van der Waals surface area contributed by atoms with Crippen molar-refractivity contribution in [3.8, 4) is 0 Å². The molecule has 0 aliphatic carbocycles. The van der Waals surface area contributed by atoms with E-state index < -0.39 is 0 Å². The molecule has 1 aliphatic rings. The largest absolute Gasteiger partial charge is 0.396 e. The molecule has 4 nitrogen and oxygen atoms in total. The Morgan fingerprint density at radius 2 is 2.57 bits per heavy atom. The molecule has 0 radical (unpaired) electrons. The van der Waals surface area contributed by atoms with E-state index in [1.807, 2.05) is 6.92 Å². The highest BCUT2D eigenvalue weighted by molar-refractivity contribution is 7.99. The first-order valence-corrected chi connectivity index (χ1v) is 6.09. The fraction of sp³-hybridized carbons (Fsp3) is 0.889. The summed E-state index contributed by atoms with van der Waals surface area (Å²) in [5.41, 5.74) is 0. The van der Waals surface area contributed by atoms with Crippen molar-refractivity contribution in [1.82, 2.24) is 10.6 Å². The molecule has 1 aliphatic heterocycles. The fourth-order valence-corrected chi connectivity index (χ4v) is 2.23. The minimum absolute atomic E-state index is 0.0265. The highest BCUT2D eigenvalue weighted by Gasteiger charge is 2.22. The number of carbonyl (C=O) groups is 1. The number of hydrogen-bond acceptors (Lipinski definition) is 4. The van der Waals surface area contributed by atoms with Crippen LogP contribution < -0.4 is 10.6 Å². The minimum Gasteiger partial charge on any atom is -0.396 e. The van der Waals surface area contributed by atoms with E-state index in [4.69, 9.17) is 5.11 Å². The monoisotopic (exact) mass is 218 g/mol. The Labute approximate surface area is 88.8 Å². The van der Waals surface area contributed by atoms with Crippen molar-refractivity contribution < 1.29 is 9.90 Å². The van der Waals surface area contributed by atoms with Gasteiger partial charge in [0.25, 0.3) is 0 Å². The van der Waals surface area contributed by atoms with Crippen molar-refractivity contribution in [2.45, 2.75) is 19.4 Å². The van der Waals surface area contributed by atoms with Crippen molar-refractivity contribution in [3.05, 3.63) is 0 Å². The van der Waals surface area contributed by atoms with E-state index in [9.17, 15) is 4.79 Å². The summed E-state index contributed by atoms with van der Waals surface area (Å²) in [5, 5.41) is 14.7. The maximum absolute atomic E-state index is 11.5. The first-order chi connectivity index (χ1) is 6.74. The molecule has 2 unspecified atom stereocenters. The lowest BCUT2D eigenvalue weighted by molar-refractivity contribution is -0.122. The predicted octanol–water partition coefficient (Wildman–Crippen LogP) is -0.216. The Morgan fingerprint density at radius 1 is 1.79 bits per heavy atom. The van der Waals surface area contributed by atoms with Gasteiger partial charge in [-0.15, -0.1) is 11.8 Å². The Balaban J connectivity index is 2.13. The number of aliphatic hydroxyl groups excluding tert-OH is 1. The maximum Gasteiger partial charge on any atom is 0.238 e. The average molecular weight is 218 g/mol. The molecule has 0 aromatic heterocycles. The van der Waals surface area contributed by atoms with Gasteiger partial charge in [-0.2, -0.15) is 0 Å². The van der Waals surface area contributed by atoms with Crippen LogP contribution in [0.3, 0.4) is 0 Å². The van der Waals surface area contributed by atoms with Crippen LogP contribution in [0.25, 0.3) is 0 Å². The van der Waals surface area contributed by atoms with E-state index in [1.54, 1.807) is 11.8 Å². The zero-order valence-corrected chi connectivity index (χ0v) is 9.27. The van der Waals surface area contributed by atoms with E-state index in [-0.39, 0.29) is 18.6 Å². The Morgan fingerprint density at radius 3 is 3.14 bits per heavy atom. The number of nitrogens with one attached hydrogen (secondary N) is 2. The lowest BCUT2D eigenvalue weighted by atomic mass is 10.1. The Kier molecular flexibility index (Phi) is 5.29. The highest BCUT2D eigenvalue weighted by atomic mass is 32.2. The predicted molar refractivity (Wildman–Crippen MR) is 58.1 cm³/mol. The van der Waals surface area contributed by atoms with Crippen molar-refractivity contribution >= 4 is 17.7 Å². The van der Waals surface area contributed by atoms with Crippen LogP contribution in [0.1, 0.15) is 13.3 Å². The standard InChI is InChI=1S/C9H18N2O2S/c1-7(2-3-12)4-10-9(13)8-5-14-6-11-8/h7-8,11-12H,2-6H2,1H3,(H,10,13). The zero-order valence-electron chi connectivity index (χ0n) is 8.45. The summed E-state index contributed by atoms with van der Waals surface area (Å²) in [5.74, 6) is 2.16. The number of thioether (sulfide) groups is 1. The van der Waals surface area contributed by atoms with E-state index in [2.05, 4.69) is 10.6 Å². The summed E-state index contributed by atoms with van der Waals surface area (Å²) < 4.78 is 0. The molecule has 0 aromatic carbocycles. The van der Waals surface area contributed by atoms with Gasteiger partial charge in [0.15, 0.2) is 0 Å². The van der Waals surface area contributed by atoms with Crippen LogP contribution in [-0.4, -0.2) is 41.8 Å². The molecule has 0 spiro atoms. The Hall–Kier alpha value is -0.260. The molecule has 0 saturated carbocycles. The van der Waals surface area contributed by atoms with Gasteiger partial charge in [0.1, 0.15) is 0 Å². The molecule has 1 heterocycles. The van der Waals surface area contributed by atoms with Crippen LogP contribution in [-0.2, 0) is 4.79 Å². The number of carbonyl (C=O) groups excluding carboxylic acids is 1. The van der Waals surface area contributed by atoms with Gasteiger partial charge >= 0.3 is 0 Å². The molecule has 3 N–H and O–H groups in total. The smallest absolute Gasteiger partial charge is 0.238 e. The van der Waals surface area contributed by atoms with Gasteiger partial charge in [-0.25, -0.2) is 0 Å². The third-order valence-corrected chi connectivity index (χ3v) is 3.22. The molecular weight excluding hydrogens is 200 g/mol. The van der Waals surface area contributed by atoms with Gasteiger partial charge in [-0.3, -0.25) is 10.1 Å². The molecule has 1 saturated heterocycles. The van der Waals surface area contributed by atoms with Crippen LogP contribution >= 0.6 is 11.8 Å². The maximum atomic E-state index is 11.5. The fourth-order valence-electron chi connectivity index (χ4n) is 1.28. The van der Waals surface area contributed by atoms with Crippen LogP contribution in [0.15, 0.2) is 0 Å². The number of aliphatic hydroxyl groups is 1. The second-order valence-electron chi connectivity index (χ2n) is 3.63. The molecule has 1 rings (SSSR count). The molecule has 1 amide bonds. The van der Waals surface area contributed by atoms with Crippen molar-refractivity contribution in [1.29, 1.82) is 0 Å². The number of hydrogen-bond donors (Lipinski definition) is 3. The first kappa shape index (κ1) is 11.8. The Bertz CT molecular complexity index is 184. The normalized spacial score (nSPS) is 23.4. The number of rotatable bonds is 5. The lowest BCUT2D eigenvalue weighted by Gasteiger charge is -2.14. The summed E-state index contributed by atoms with van der Waals surface area (Å²) >= 11 is 1.74. The van der Waals surface area contributed by atoms with Crippen molar-refractivity contribution in [3.63, 3.8) is 0 Å². The van der Waals surface area contributed by atoms with Crippen molar-refractivity contribution in [2.75, 3.05) is 24.8 Å². The number of amides is 1. The van der Waals surface area contributed by atoms with E-state index in [1.165, 1.54) is 0 Å². The van der Waals surface area contributed by atoms with Crippen LogP contribution in [0.2, 0.25) is 0 Å². The molecule has 14 heavy (non-hydrogen) atoms. The van der Waals surface area contributed by atoms with Gasteiger partial charge in [-0.1, -0.05) is 6.92 Å². The minimum atomic E-state index is -0.0265. The van der Waals surface area contributed by atoms with Crippen molar-refractivity contribution in [2.24, 2.45) is 5.92 Å². The SMILES string of the molecule is CC(CCO)CNC(=O)C1CSCN1. The van der Waals surface area contributed by atoms with E-state index in [0.29, 0.717) is 12.5 Å². The van der Waals surface area contributed by atoms with Crippen LogP contribution in [0.5, 0.6) is 0 Å². The van der Waals surface area contributed by atoms with E-state index >= 15 is 0 Å². The molecule has 0 aromatic rings. The molecule has 1 fully saturated rings. The lowest BCUT2D eigenvalue weighted by Crippen LogP contribution is -2.43. The second kappa shape index (κ2) is 6.27. The van der Waals surface area contributed by atoms with Gasteiger partial charge in [0, 0.05) is 24.8 Å². The van der Waals surface area contributed by atoms with Gasteiger partial charge in [0.05, 0.1) is 6.04 Å².